The van der Waals surface area contributed by atoms with Crippen molar-refractivity contribution in [3.05, 3.63) is 0 Å². The van der Waals surface area contributed by atoms with E-state index in [1.807, 2.05) is 6.92 Å². The number of sulfonamides is 1. The maximum absolute atomic E-state index is 11.7. The Hall–Kier alpha value is -0.170. The Kier molecular flexibility index (Phi) is 16.5. The summed E-state index contributed by atoms with van der Waals surface area (Å²) in [7, 11) is -1.48. The highest BCUT2D eigenvalue weighted by molar-refractivity contribution is 14.0. The molecule has 1 rings (SSSR count). The topological polar surface area (TPSA) is 92.3 Å². The van der Waals surface area contributed by atoms with Gasteiger partial charge in [0.1, 0.15) is 0 Å². The van der Waals surface area contributed by atoms with Crippen molar-refractivity contribution in [3.8, 4) is 0 Å². The van der Waals surface area contributed by atoms with Crippen LogP contribution in [0.25, 0.3) is 0 Å². The first-order chi connectivity index (χ1) is 13.0. The van der Waals surface area contributed by atoms with E-state index in [1.54, 1.807) is 14.0 Å². The van der Waals surface area contributed by atoms with E-state index >= 15 is 0 Å². The van der Waals surface area contributed by atoms with E-state index in [0.29, 0.717) is 25.6 Å². The molecule has 1 saturated heterocycles. The SMILES string of the molecule is CCNC(=NCCCOCC1CCOCC1)NCCCN(C)S(=O)(=O)CC.I. The van der Waals surface area contributed by atoms with Gasteiger partial charge in [-0.3, -0.25) is 4.99 Å². The van der Waals surface area contributed by atoms with Crippen LogP contribution in [0.15, 0.2) is 4.99 Å². The minimum absolute atomic E-state index is 0. The molecule has 28 heavy (non-hydrogen) atoms. The molecule has 1 aliphatic rings. The summed E-state index contributed by atoms with van der Waals surface area (Å²) >= 11 is 0. The minimum Gasteiger partial charge on any atom is -0.381 e. The van der Waals surface area contributed by atoms with Crippen LogP contribution in [0.3, 0.4) is 0 Å². The number of hydrogen-bond donors (Lipinski definition) is 2. The van der Waals surface area contributed by atoms with Crippen LogP contribution in [-0.2, 0) is 19.5 Å². The second-order valence-electron chi connectivity index (χ2n) is 6.75. The molecule has 1 fully saturated rings. The predicted octanol–water partition coefficient (Wildman–Crippen LogP) is 1.66. The van der Waals surface area contributed by atoms with E-state index in [-0.39, 0.29) is 29.7 Å². The second-order valence-corrected chi connectivity index (χ2v) is 9.11. The number of hydrogen-bond acceptors (Lipinski definition) is 5. The molecule has 2 N–H and O–H groups in total. The molecule has 0 aliphatic carbocycles. The summed E-state index contributed by atoms with van der Waals surface area (Å²) in [6.07, 6.45) is 3.81. The number of aliphatic imine (C=N–C) groups is 1. The van der Waals surface area contributed by atoms with Gasteiger partial charge in [0.05, 0.1) is 5.75 Å². The highest BCUT2D eigenvalue weighted by atomic mass is 127. The van der Waals surface area contributed by atoms with Crippen LogP contribution in [0.2, 0.25) is 0 Å². The highest BCUT2D eigenvalue weighted by Crippen LogP contribution is 2.14. The number of halogens is 1. The first-order valence-electron chi connectivity index (χ1n) is 10.1. The quantitative estimate of drug-likeness (QED) is 0.162. The summed E-state index contributed by atoms with van der Waals surface area (Å²) in [6.45, 7) is 9.61. The number of rotatable bonds is 13. The molecule has 0 aromatic rings. The zero-order valence-corrected chi connectivity index (χ0v) is 20.8. The van der Waals surface area contributed by atoms with Gasteiger partial charge in [-0.25, -0.2) is 12.7 Å². The third kappa shape index (κ3) is 12.4. The van der Waals surface area contributed by atoms with E-state index in [1.165, 1.54) is 4.31 Å². The summed E-state index contributed by atoms with van der Waals surface area (Å²) < 4.78 is 35.9. The van der Waals surface area contributed by atoms with Crippen molar-refractivity contribution in [2.45, 2.75) is 39.5 Å². The molecular weight excluding hydrogens is 495 g/mol. The average Bonchev–Trinajstić information content (AvgIpc) is 2.68. The first kappa shape index (κ1) is 27.8. The van der Waals surface area contributed by atoms with Gasteiger partial charge < -0.3 is 20.1 Å². The third-order valence-corrected chi connectivity index (χ3v) is 6.40. The van der Waals surface area contributed by atoms with Gasteiger partial charge in [0.2, 0.25) is 10.0 Å². The van der Waals surface area contributed by atoms with Crippen LogP contribution < -0.4 is 10.6 Å². The normalized spacial score (nSPS) is 16.1. The summed E-state index contributed by atoms with van der Waals surface area (Å²) in [4.78, 5) is 4.54. The molecule has 0 aromatic carbocycles. The van der Waals surface area contributed by atoms with Gasteiger partial charge in [-0.1, -0.05) is 0 Å². The van der Waals surface area contributed by atoms with Gasteiger partial charge in [-0.2, -0.15) is 0 Å². The van der Waals surface area contributed by atoms with Gasteiger partial charge in [0.25, 0.3) is 0 Å². The minimum atomic E-state index is -3.10. The van der Waals surface area contributed by atoms with Gasteiger partial charge in [-0.15, -0.1) is 24.0 Å². The second kappa shape index (κ2) is 16.6. The Morgan fingerprint density at radius 3 is 2.57 bits per heavy atom. The average molecular weight is 535 g/mol. The van der Waals surface area contributed by atoms with Gasteiger partial charge in [-0.05, 0) is 45.4 Å². The molecule has 0 unspecified atom stereocenters. The Morgan fingerprint density at radius 2 is 1.93 bits per heavy atom. The van der Waals surface area contributed by atoms with Crippen molar-refractivity contribution in [2.24, 2.45) is 10.9 Å². The summed E-state index contributed by atoms with van der Waals surface area (Å²) in [6, 6.07) is 0. The van der Waals surface area contributed by atoms with Crippen LogP contribution in [0.4, 0.5) is 0 Å². The molecule has 10 heteroatoms. The lowest BCUT2D eigenvalue weighted by Gasteiger charge is -2.21. The summed E-state index contributed by atoms with van der Waals surface area (Å²) in [5, 5.41) is 6.46. The van der Waals surface area contributed by atoms with Crippen molar-refractivity contribution < 1.29 is 17.9 Å². The molecule has 0 aromatic heterocycles. The number of nitrogens with zero attached hydrogens (tertiary/aromatic N) is 2. The first-order valence-corrected chi connectivity index (χ1v) is 11.7. The van der Waals surface area contributed by atoms with Crippen molar-refractivity contribution >= 4 is 40.0 Å². The number of ether oxygens (including phenoxy) is 2. The summed E-state index contributed by atoms with van der Waals surface area (Å²) in [5.74, 6) is 1.54. The highest BCUT2D eigenvalue weighted by Gasteiger charge is 2.14. The Labute approximate surface area is 188 Å². The molecule has 0 atom stereocenters. The molecule has 0 saturated carbocycles. The maximum atomic E-state index is 11.7. The maximum Gasteiger partial charge on any atom is 0.213 e. The van der Waals surface area contributed by atoms with E-state index in [4.69, 9.17) is 9.47 Å². The molecule has 0 bridgehead atoms. The van der Waals surface area contributed by atoms with Crippen LogP contribution in [0.1, 0.15) is 39.5 Å². The molecule has 0 radical (unpaired) electrons. The van der Waals surface area contributed by atoms with Crippen molar-refractivity contribution in [1.29, 1.82) is 0 Å². The van der Waals surface area contributed by atoms with Crippen molar-refractivity contribution in [1.82, 2.24) is 14.9 Å². The lowest BCUT2D eigenvalue weighted by atomic mass is 10.0. The van der Waals surface area contributed by atoms with E-state index in [0.717, 1.165) is 64.6 Å². The fraction of sp³-hybridized carbons (Fsp3) is 0.944. The van der Waals surface area contributed by atoms with Crippen LogP contribution in [0.5, 0.6) is 0 Å². The van der Waals surface area contributed by atoms with Crippen LogP contribution in [-0.4, -0.2) is 84.1 Å². The Morgan fingerprint density at radius 1 is 1.21 bits per heavy atom. The molecule has 1 aliphatic heterocycles. The summed E-state index contributed by atoms with van der Waals surface area (Å²) in [5.41, 5.74) is 0. The lowest BCUT2D eigenvalue weighted by Crippen LogP contribution is -2.39. The number of nitrogens with one attached hydrogen (secondary N) is 2. The third-order valence-electron chi connectivity index (χ3n) is 4.54. The molecule has 0 amide bonds. The Balaban J connectivity index is 0.00000729. The van der Waals surface area contributed by atoms with E-state index in [2.05, 4.69) is 15.6 Å². The Bertz CT molecular complexity index is 514. The smallest absolute Gasteiger partial charge is 0.213 e. The zero-order valence-electron chi connectivity index (χ0n) is 17.6. The lowest BCUT2D eigenvalue weighted by molar-refractivity contribution is 0.0205. The fourth-order valence-electron chi connectivity index (χ4n) is 2.73. The largest absolute Gasteiger partial charge is 0.381 e. The van der Waals surface area contributed by atoms with Crippen LogP contribution >= 0.6 is 24.0 Å². The molecule has 0 spiro atoms. The molecular formula is C18H39IN4O4S. The standard InChI is InChI=1S/C18H38N4O4S.HI/c1-4-19-18(20-10-6-12-22(3)27(23,24)5-2)21-11-7-13-26-16-17-8-14-25-15-9-17;/h17H,4-16H2,1-3H3,(H2,19,20,21);1H. The van der Waals surface area contributed by atoms with Crippen LogP contribution in [0, 0.1) is 5.92 Å². The van der Waals surface area contributed by atoms with Crippen molar-refractivity contribution in [2.75, 3.05) is 65.4 Å². The van der Waals surface area contributed by atoms with E-state index in [9.17, 15) is 8.42 Å². The number of guanidine groups is 1. The predicted molar refractivity (Wildman–Crippen MR) is 125 cm³/mol. The van der Waals surface area contributed by atoms with Gasteiger partial charge in [0.15, 0.2) is 5.96 Å². The van der Waals surface area contributed by atoms with Crippen molar-refractivity contribution in [3.63, 3.8) is 0 Å². The molecule has 8 nitrogen and oxygen atoms in total. The monoisotopic (exact) mass is 534 g/mol. The molecule has 168 valence electrons. The molecule has 1 heterocycles. The van der Waals surface area contributed by atoms with E-state index < -0.39 is 10.0 Å². The fourth-order valence-corrected chi connectivity index (χ4v) is 3.58. The zero-order chi connectivity index (χ0) is 20.0. The van der Waals surface area contributed by atoms with Gasteiger partial charge >= 0.3 is 0 Å². The van der Waals surface area contributed by atoms with Gasteiger partial charge in [0, 0.05) is 59.7 Å².